The minimum absolute atomic E-state index is 0.469. The molecule has 1 aromatic rings. The predicted octanol–water partition coefficient (Wildman–Crippen LogP) is 2.46. The van der Waals surface area contributed by atoms with Gasteiger partial charge in [-0.3, -0.25) is 4.68 Å². The molecule has 1 rings (SSSR count). The molecule has 5 heteroatoms. The summed E-state index contributed by atoms with van der Waals surface area (Å²) in [6.07, 6.45) is -1.94. The Morgan fingerprint density at radius 3 is 2.08 bits per heavy atom. The van der Waals surface area contributed by atoms with E-state index in [1.807, 2.05) is 0 Å². The summed E-state index contributed by atoms with van der Waals surface area (Å²) in [5.41, 5.74) is -1.37. The molecule has 0 atom stereocenters. The fourth-order valence-electron chi connectivity index (χ4n) is 0.770. The van der Waals surface area contributed by atoms with Gasteiger partial charge in [-0.1, -0.05) is 0 Å². The van der Waals surface area contributed by atoms with Crippen LogP contribution in [0.3, 0.4) is 0 Å². The highest BCUT2D eigenvalue weighted by Crippen LogP contribution is 2.28. The van der Waals surface area contributed by atoms with Crippen molar-refractivity contribution in [1.29, 1.82) is 0 Å². The van der Waals surface area contributed by atoms with E-state index in [2.05, 4.69) is 11.3 Å². The van der Waals surface area contributed by atoms with Crippen molar-refractivity contribution in [2.24, 2.45) is 0 Å². The quantitative estimate of drug-likeness (QED) is 0.615. The van der Waals surface area contributed by atoms with Crippen molar-refractivity contribution in [1.82, 2.24) is 9.78 Å². The minimum Gasteiger partial charge on any atom is -0.257 e. The molecule has 2 nitrogen and oxygen atoms in total. The largest absolute Gasteiger partial charge is 0.435 e. The summed E-state index contributed by atoms with van der Waals surface area (Å²) in [5.74, 6) is 0. The number of aromatic nitrogens is 2. The Balaban J connectivity index is 3.01. The van der Waals surface area contributed by atoms with Gasteiger partial charge in [-0.2, -0.15) is 18.3 Å². The second-order valence-corrected chi connectivity index (χ2v) is 3.74. The van der Waals surface area contributed by atoms with Gasteiger partial charge < -0.3 is 0 Å². The van der Waals surface area contributed by atoms with Crippen LogP contribution in [0.4, 0.5) is 13.2 Å². The van der Waals surface area contributed by atoms with Gasteiger partial charge in [0.15, 0.2) is 5.69 Å². The van der Waals surface area contributed by atoms with Gasteiger partial charge in [0, 0.05) is 0 Å². The molecule has 73 valence electrons. The molecule has 0 aliphatic heterocycles. The lowest BCUT2D eigenvalue weighted by molar-refractivity contribution is -0.141. The normalized spacial score (nSPS) is 13.4. The Morgan fingerprint density at radius 2 is 1.85 bits per heavy atom. The fraction of sp³-hybridized carbons (Fsp3) is 0.625. The van der Waals surface area contributed by atoms with Crippen molar-refractivity contribution in [2.75, 3.05) is 0 Å². The summed E-state index contributed by atoms with van der Waals surface area (Å²) in [4.78, 5) is 0. The number of rotatable bonds is 0. The third-order valence-corrected chi connectivity index (χ3v) is 1.46. The predicted molar refractivity (Wildman–Crippen MR) is 41.1 cm³/mol. The maximum Gasteiger partial charge on any atom is 0.435 e. The number of halogens is 3. The van der Waals surface area contributed by atoms with E-state index < -0.39 is 17.4 Å². The summed E-state index contributed by atoms with van der Waals surface area (Å²) in [6.45, 7) is 5.28. The van der Waals surface area contributed by atoms with Crippen LogP contribution in [0.25, 0.3) is 0 Å². The molecule has 1 aromatic heterocycles. The molecule has 0 unspecified atom stereocenters. The molecule has 0 aliphatic carbocycles. The lowest BCUT2D eigenvalue weighted by atomic mass is 10.1. The van der Waals surface area contributed by atoms with Gasteiger partial charge in [0.05, 0.1) is 11.7 Å². The van der Waals surface area contributed by atoms with Crippen LogP contribution >= 0.6 is 0 Å². The molecule has 0 N–H and O–H groups in total. The number of hydrogen-bond donors (Lipinski definition) is 0. The fourth-order valence-corrected chi connectivity index (χ4v) is 0.770. The van der Waals surface area contributed by atoms with Crippen LogP contribution < -0.4 is 0 Å². The molecule has 1 heterocycles. The smallest absolute Gasteiger partial charge is 0.257 e. The summed E-state index contributed by atoms with van der Waals surface area (Å²) >= 11 is 0. The zero-order chi connectivity index (χ0) is 10.3. The average molecular weight is 191 g/mol. The first kappa shape index (κ1) is 10.1. The van der Waals surface area contributed by atoms with E-state index in [4.69, 9.17) is 0 Å². The molecular weight excluding hydrogens is 181 g/mol. The van der Waals surface area contributed by atoms with Crippen LogP contribution in [0, 0.1) is 6.20 Å². The van der Waals surface area contributed by atoms with Gasteiger partial charge in [-0.25, -0.2) is 0 Å². The highest BCUT2D eigenvalue weighted by atomic mass is 19.4. The molecule has 0 spiro atoms. The van der Waals surface area contributed by atoms with Crippen LogP contribution in [-0.4, -0.2) is 9.78 Å². The van der Waals surface area contributed by atoms with Crippen molar-refractivity contribution in [3.05, 3.63) is 18.0 Å². The first-order valence-electron chi connectivity index (χ1n) is 3.77. The Labute approximate surface area is 74.4 Å². The van der Waals surface area contributed by atoms with Crippen LogP contribution in [0.5, 0.6) is 0 Å². The van der Waals surface area contributed by atoms with E-state index in [0.717, 1.165) is 6.07 Å². The van der Waals surface area contributed by atoms with Crippen LogP contribution in [-0.2, 0) is 11.7 Å². The van der Waals surface area contributed by atoms with Gasteiger partial charge in [0.25, 0.3) is 0 Å². The maximum atomic E-state index is 12.1. The van der Waals surface area contributed by atoms with Crippen molar-refractivity contribution >= 4 is 0 Å². The van der Waals surface area contributed by atoms with Crippen molar-refractivity contribution in [3.8, 4) is 0 Å². The van der Waals surface area contributed by atoms with E-state index in [0.29, 0.717) is 0 Å². The number of hydrogen-bond acceptors (Lipinski definition) is 1. The Morgan fingerprint density at radius 1 is 1.31 bits per heavy atom. The monoisotopic (exact) mass is 191 g/mol. The van der Waals surface area contributed by atoms with E-state index in [-0.39, 0.29) is 0 Å². The Bertz CT molecular complexity index is 265. The van der Waals surface area contributed by atoms with Gasteiger partial charge in [-0.15, -0.1) is 0 Å². The Kier molecular flexibility index (Phi) is 2.13. The summed E-state index contributed by atoms with van der Waals surface area (Å²) in [6, 6.07) is 0.852. The molecule has 0 saturated heterocycles. The highest BCUT2D eigenvalue weighted by Gasteiger charge is 2.34. The van der Waals surface area contributed by atoms with Crippen molar-refractivity contribution in [2.45, 2.75) is 32.5 Å². The minimum atomic E-state index is -4.38. The van der Waals surface area contributed by atoms with Gasteiger partial charge in [0.1, 0.15) is 0 Å². The first-order chi connectivity index (χ1) is 5.71. The zero-order valence-corrected chi connectivity index (χ0v) is 7.61. The molecule has 0 saturated carbocycles. The van der Waals surface area contributed by atoms with Crippen LogP contribution in [0.15, 0.2) is 6.07 Å². The molecule has 0 aromatic carbocycles. The van der Waals surface area contributed by atoms with Crippen LogP contribution in [0.1, 0.15) is 26.5 Å². The van der Waals surface area contributed by atoms with Gasteiger partial charge in [-0.05, 0) is 26.8 Å². The molecule has 0 amide bonds. The molecule has 1 radical (unpaired) electrons. The maximum absolute atomic E-state index is 12.1. The van der Waals surface area contributed by atoms with E-state index >= 15 is 0 Å². The molecule has 13 heavy (non-hydrogen) atoms. The van der Waals surface area contributed by atoms with Crippen molar-refractivity contribution in [3.63, 3.8) is 0 Å². The second-order valence-electron chi connectivity index (χ2n) is 3.74. The van der Waals surface area contributed by atoms with Gasteiger partial charge in [0.2, 0.25) is 0 Å². The molecule has 0 bridgehead atoms. The molecule has 0 fully saturated rings. The number of alkyl halides is 3. The third kappa shape index (κ3) is 2.23. The first-order valence-corrected chi connectivity index (χ1v) is 3.77. The van der Waals surface area contributed by atoms with Crippen molar-refractivity contribution < 1.29 is 13.2 Å². The topological polar surface area (TPSA) is 17.8 Å². The lowest BCUT2D eigenvalue weighted by Crippen LogP contribution is -2.23. The lowest BCUT2D eigenvalue weighted by Gasteiger charge is -2.18. The summed E-state index contributed by atoms with van der Waals surface area (Å²) in [7, 11) is 0. The average Bonchev–Trinajstić information content (AvgIpc) is 2.28. The summed E-state index contributed by atoms with van der Waals surface area (Å²) in [5, 5.41) is 3.39. The van der Waals surface area contributed by atoms with Crippen LogP contribution in [0.2, 0.25) is 0 Å². The third-order valence-electron chi connectivity index (χ3n) is 1.46. The standard InChI is InChI=1S/C8H10F3N2/c1-7(2,3)13-5-4-6(12-13)8(9,10)11/h4H,1-3H3. The second kappa shape index (κ2) is 2.75. The van der Waals surface area contributed by atoms with E-state index in [1.54, 1.807) is 20.8 Å². The number of nitrogens with zero attached hydrogens (tertiary/aromatic N) is 2. The molecular formula is C8H10F3N2. The highest BCUT2D eigenvalue weighted by molar-refractivity contribution is 5.03. The molecule has 0 aliphatic rings. The zero-order valence-electron chi connectivity index (χ0n) is 7.61. The van der Waals surface area contributed by atoms with E-state index in [1.165, 1.54) is 4.68 Å². The van der Waals surface area contributed by atoms with E-state index in [9.17, 15) is 13.2 Å². The Hall–Kier alpha value is -1.00. The summed E-state index contributed by atoms with van der Waals surface area (Å²) < 4.78 is 37.5. The SMILES string of the molecule is CC(C)(C)n1[c]cc(C(F)(F)F)n1. The van der Waals surface area contributed by atoms with Gasteiger partial charge >= 0.3 is 6.18 Å².